The first-order valence-corrected chi connectivity index (χ1v) is 13.8. The van der Waals surface area contributed by atoms with Gasteiger partial charge < -0.3 is 9.30 Å². The summed E-state index contributed by atoms with van der Waals surface area (Å²) >= 11 is 3.67. The van der Waals surface area contributed by atoms with Gasteiger partial charge in [0, 0.05) is 37.0 Å². The maximum atomic E-state index is 6.07. The van der Waals surface area contributed by atoms with Crippen LogP contribution in [0.4, 0.5) is 0 Å². The van der Waals surface area contributed by atoms with Gasteiger partial charge in [-0.25, -0.2) is 4.98 Å². The van der Waals surface area contributed by atoms with Crippen LogP contribution in [0.5, 0.6) is 0 Å². The first-order chi connectivity index (χ1) is 12.9. The quantitative estimate of drug-likeness (QED) is 0.362. The van der Waals surface area contributed by atoms with Crippen molar-refractivity contribution in [3.05, 3.63) is 52.1 Å². The Morgan fingerprint density at radius 3 is 2.85 bits per heavy atom. The van der Waals surface area contributed by atoms with Gasteiger partial charge in [-0.1, -0.05) is 31.8 Å². The van der Waals surface area contributed by atoms with Crippen LogP contribution in [0.25, 0.3) is 22.3 Å². The van der Waals surface area contributed by atoms with E-state index in [0.717, 1.165) is 40.4 Å². The third kappa shape index (κ3) is 3.93. The highest BCUT2D eigenvalue weighted by molar-refractivity contribution is 9.10. The summed E-state index contributed by atoms with van der Waals surface area (Å²) in [4.78, 5) is 9.00. The number of pyridine rings is 1. The van der Waals surface area contributed by atoms with Crippen LogP contribution in [-0.2, 0) is 18.0 Å². The molecule has 1 aromatic carbocycles. The fraction of sp³-hybridized carbons (Fsp3) is 0.333. The fourth-order valence-corrected chi connectivity index (χ4v) is 4.46. The van der Waals surface area contributed by atoms with Gasteiger partial charge in [0.15, 0.2) is 0 Å². The zero-order valence-corrected chi connectivity index (χ0v) is 18.6. The number of aliphatic imine (C=N–C) groups is 1. The number of fused-ring (bicyclic) bond motifs is 2. The number of halogens is 1. The van der Waals surface area contributed by atoms with Crippen LogP contribution in [0.2, 0.25) is 25.7 Å². The van der Waals surface area contributed by atoms with Gasteiger partial charge in [-0.05, 0) is 56.9 Å². The molecule has 0 amide bonds. The number of aromatic nitrogens is 2. The molecule has 0 N–H and O–H groups in total. The van der Waals surface area contributed by atoms with Crippen molar-refractivity contribution in [1.82, 2.24) is 9.55 Å². The fourth-order valence-electron chi connectivity index (χ4n) is 3.29. The molecule has 0 fully saturated rings. The van der Waals surface area contributed by atoms with E-state index in [1.807, 2.05) is 18.5 Å². The van der Waals surface area contributed by atoms with E-state index in [0.29, 0.717) is 6.73 Å². The minimum Gasteiger partial charge on any atom is -0.361 e. The van der Waals surface area contributed by atoms with Crippen molar-refractivity contribution in [1.29, 1.82) is 0 Å². The van der Waals surface area contributed by atoms with Gasteiger partial charge >= 0.3 is 0 Å². The molecule has 140 valence electrons. The molecule has 2 aromatic heterocycles. The van der Waals surface area contributed by atoms with E-state index >= 15 is 0 Å². The molecule has 1 aliphatic heterocycles. The van der Waals surface area contributed by atoms with Crippen LogP contribution in [0.3, 0.4) is 0 Å². The molecular weight excluding hydrogens is 418 g/mol. The normalized spacial score (nSPS) is 13.5. The Kier molecular flexibility index (Phi) is 5.05. The van der Waals surface area contributed by atoms with E-state index in [1.165, 1.54) is 16.7 Å². The van der Waals surface area contributed by atoms with Crippen LogP contribution < -0.4 is 0 Å². The number of rotatable bonds is 6. The topological polar surface area (TPSA) is 39.4 Å². The molecule has 4 nitrogen and oxygen atoms in total. The zero-order valence-electron chi connectivity index (χ0n) is 16.0. The molecule has 27 heavy (non-hydrogen) atoms. The Hall–Kier alpha value is -1.76. The molecule has 0 unspecified atom stereocenters. The summed E-state index contributed by atoms with van der Waals surface area (Å²) in [6, 6.07) is 11.9. The second kappa shape index (κ2) is 7.34. The zero-order chi connectivity index (χ0) is 19.0. The number of ether oxygens (including phenoxy) is 1. The molecule has 1 aliphatic rings. The molecule has 0 aliphatic carbocycles. The molecule has 3 aromatic rings. The summed E-state index contributed by atoms with van der Waals surface area (Å²) in [5.41, 5.74) is 5.75. The predicted octanol–water partition coefficient (Wildman–Crippen LogP) is 5.71. The van der Waals surface area contributed by atoms with E-state index in [4.69, 9.17) is 4.74 Å². The third-order valence-corrected chi connectivity index (χ3v) is 7.29. The van der Waals surface area contributed by atoms with Crippen molar-refractivity contribution in [2.24, 2.45) is 4.99 Å². The molecule has 0 spiro atoms. The first kappa shape index (κ1) is 18.6. The van der Waals surface area contributed by atoms with Crippen LogP contribution in [0.1, 0.15) is 11.1 Å². The molecule has 0 atom stereocenters. The molecular formula is C21H24BrN3OSi. The molecule has 0 saturated carbocycles. The average Bonchev–Trinajstić information content (AvgIpc) is 3.22. The lowest BCUT2D eigenvalue weighted by atomic mass is 10.0. The van der Waals surface area contributed by atoms with Gasteiger partial charge in [0.1, 0.15) is 12.4 Å². The van der Waals surface area contributed by atoms with E-state index in [1.54, 1.807) is 0 Å². The maximum Gasteiger partial charge on any atom is 0.143 e. The SMILES string of the molecule is C[Si](C)(C)CCOCn1c(-c2ccc3c(c2)CN=C3)cc2c(Br)ccnc21. The largest absolute Gasteiger partial charge is 0.361 e. The van der Waals surface area contributed by atoms with Gasteiger partial charge in [0.05, 0.1) is 12.2 Å². The van der Waals surface area contributed by atoms with Crippen LogP contribution in [-0.4, -0.2) is 30.4 Å². The molecule has 0 radical (unpaired) electrons. The summed E-state index contributed by atoms with van der Waals surface area (Å²) in [5.74, 6) is 0. The van der Waals surface area contributed by atoms with E-state index < -0.39 is 8.07 Å². The lowest BCUT2D eigenvalue weighted by molar-refractivity contribution is 0.0909. The standard InChI is InChI=1S/C21H24BrN3OSi/c1-27(2,3)9-8-26-14-25-20(11-18-19(22)6-7-24-21(18)25)15-4-5-16-12-23-13-17(16)10-15/h4-7,10-12H,8-9,13-14H2,1-3H3. The molecule has 4 rings (SSSR count). The number of nitrogens with zero attached hydrogens (tertiary/aromatic N) is 3. The van der Waals surface area contributed by atoms with Gasteiger partial charge in [-0.2, -0.15) is 0 Å². The molecule has 3 heterocycles. The maximum absolute atomic E-state index is 6.07. The second-order valence-corrected chi connectivity index (χ2v) is 14.7. The minimum atomic E-state index is -1.10. The number of hydrogen-bond acceptors (Lipinski definition) is 3. The molecule has 6 heteroatoms. The highest BCUT2D eigenvalue weighted by Gasteiger charge is 2.17. The van der Waals surface area contributed by atoms with E-state index in [-0.39, 0.29) is 0 Å². The number of benzene rings is 1. The lowest BCUT2D eigenvalue weighted by Gasteiger charge is -2.17. The minimum absolute atomic E-state index is 0.514. The smallest absolute Gasteiger partial charge is 0.143 e. The highest BCUT2D eigenvalue weighted by Crippen LogP contribution is 2.33. The van der Waals surface area contributed by atoms with Gasteiger partial charge in [-0.3, -0.25) is 4.99 Å². The van der Waals surface area contributed by atoms with Gasteiger partial charge in [0.25, 0.3) is 0 Å². The highest BCUT2D eigenvalue weighted by atomic mass is 79.9. The monoisotopic (exact) mass is 441 g/mol. The first-order valence-electron chi connectivity index (χ1n) is 9.27. The Balaban J connectivity index is 1.70. The van der Waals surface area contributed by atoms with Crippen molar-refractivity contribution >= 4 is 41.3 Å². The Morgan fingerprint density at radius 2 is 2.04 bits per heavy atom. The lowest BCUT2D eigenvalue weighted by Crippen LogP contribution is -2.22. The Labute approximate surface area is 169 Å². The van der Waals surface area contributed by atoms with Gasteiger partial charge in [-0.15, -0.1) is 0 Å². The third-order valence-electron chi connectivity index (χ3n) is 4.89. The van der Waals surface area contributed by atoms with Crippen molar-refractivity contribution in [3.63, 3.8) is 0 Å². The molecule has 0 saturated heterocycles. The second-order valence-electron chi connectivity index (χ2n) is 8.22. The number of hydrogen-bond donors (Lipinski definition) is 0. The van der Waals surface area contributed by atoms with Crippen LogP contribution in [0, 0.1) is 0 Å². The Morgan fingerprint density at radius 1 is 1.19 bits per heavy atom. The van der Waals surface area contributed by atoms with Crippen molar-refractivity contribution in [3.8, 4) is 11.3 Å². The summed E-state index contributed by atoms with van der Waals surface area (Å²) in [6.45, 7) is 9.19. The van der Waals surface area contributed by atoms with E-state index in [2.05, 4.69) is 74.4 Å². The average molecular weight is 442 g/mol. The summed E-state index contributed by atoms with van der Waals surface area (Å²) in [7, 11) is -1.10. The summed E-state index contributed by atoms with van der Waals surface area (Å²) < 4.78 is 9.31. The van der Waals surface area contributed by atoms with Crippen LogP contribution >= 0.6 is 15.9 Å². The molecule has 0 bridgehead atoms. The predicted molar refractivity (Wildman–Crippen MR) is 118 cm³/mol. The van der Waals surface area contributed by atoms with Crippen LogP contribution in [0.15, 0.2) is 46.0 Å². The van der Waals surface area contributed by atoms with Crippen molar-refractivity contribution in [2.45, 2.75) is 39.0 Å². The Bertz CT molecular complexity index is 1020. The van der Waals surface area contributed by atoms with E-state index in [9.17, 15) is 0 Å². The summed E-state index contributed by atoms with van der Waals surface area (Å²) in [5, 5.41) is 1.11. The van der Waals surface area contributed by atoms with Gasteiger partial charge in [0.2, 0.25) is 0 Å². The van der Waals surface area contributed by atoms with Crippen molar-refractivity contribution in [2.75, 3.05) is 6.61 Å². The van der Waals surface area contributed by atoms with Crippen molar-refractivity contribution < 1.29 is 4.74 Å². The summed E-state index contributed by atoms with van der Waals surface area (Å²) in [6.07, 6.45) is 3.79.